The average Bonchev–Trinajstić information content (AvgIpc) is 2.73. The van der Waals surface area contributed by atoms with Crippen LogP contribution in [0.25, 0.3) is 0 Å². The number of anilines is 1. The van der Waals surface area contributed by atoms with Crippen molar-refractivity contribution in [1.29, 1.82) is 0 Å². The van der Waals surface area contributed by atoms with Crippen LogP contribution >= 0.6 is 11.3 Å². The Morgan fingerprint density at radius 1 is 1.53 bits per heavy atom. The van der Waals surface area contributed by atoms with E-state index in [1.165, 1.54) is 0 Å². The fourth-order valence-corrected chi connectivity index (χ4v) is 2.22. The SMILES string of the molecule is FC(F)(F)c1csc(NC2CCNC2)n1. The third kappa shape index (κ3) is 2.60. The van der Waals surface area contributed by atoms with Crippen LogP contribution in [0.2, 0.25) is 0 Å². The van der Waals surface area contributed by atoms with Crippen LogP contribution in [0.5, 0.6) is 0 Å². The van der Waals surface area contributed by atoms with Crippen molar-refractivity contribution >= 4 is 16.5 Å². The first-order chi connectivity index (χ1) is 7.05. The Morgan fingerprint density at radius 3 is 2.87 bits per heavy atom. The van der Waals surface area contributed by atoms with E-state index in [0.717, 1.165) is 36.2 Å². The first kappa shape index (κ1) is 10.7. The standard InChI is InChI=1S/C8H10F3N3S/c9-8(10,11)6-4-15-7(14-6)13-5-1-2-12-3-5/h4-5,12H,1-3H2,(H,13,14). The van der Waals surface area contributed by atoms with Crippen molar-refractivity contribution in [2.45, 2.75) is 18.6 Å². The average molecular weight is 237 g/mol. The van der Waals surface area contributed by atoms with E-state index in [-0.39, 0.29) is 6.04 Å². The van der Waals surface area contributed by atoms with E-state index in [1.807, 2.05) is 0 Å². The van der Waals surface area contributed by atoms with Crippen LogP contribution in [0.3, 0.4) is 0 Å². The van der Waals surface area contributed by atoms with Crippen LogP contribution in [-0.4, -0.2) is 24.1 Å². The number of nitrogens with zero attached hydrogens (tertiary/aromatic N) is 1. The molecule has 0 spiro atoms. The Hall–Kier alpha value is -0.820. The van der Waals surface area contributed by atoms with E-state index in [1.54, 1.807) is 0 Å². The van der Waals surface area contributed by atoms with Gasteiger partial charge >= 0.3 is 6.18 Å². The van der Waals surface area contributed by atoms with Gasteiger partial charge in [-0.15, -0.1) is 11.3 Å². The molecule has 0 amide bonds. The summed E-state index contributed by atoms with van der Waals surface area (Å²) in [6.45, 7) is 1.68. The van der Waals surface area contributed by atoms with Crippen molar-refractivity contribution in [2.24, 2.45) is 0 Å². The summed E-state index contributed by atoms with van der Waals surface area (Å²) >= 11 is 0.993. The topological polar surface area (TPSA) is 37.0 Å². The van der Waals surface area contributed by atoms with Crippen molar-refractivity contribution in [3.05, 3.63) is 11.1 Å². The minimum Gasteiger partial charge on any atom is -0.357 e. The highest BCUT2D eigenvalue weighted by Gasteiger charge is 2.34. The molecule has 1 aliphatic heterocycles. The zero-order valence-electron chi connectivity index (χ0n) is 7.77. The second kappa shape index (κ2) is 3.97. The van der Waals surface area contributed by atoms with E-state index < -0.39 is 11.9 Å². The highest BCUT2D eigenvalue weighted by atomic mass is 32.1. The third-order valence-electron chi connectivity index (χ3n) is 2.18. The van der Waals surface area contributed by atoms with Crippen molar-refractivity contribution in [1.82, 2.24) is 10.3 Å². The van der Waals surface area contributed by atoms with Crippen LogP contribution in [0.15, 0.2) is 5.38 Å². The maximum Gasteiger partial charge on any atom is 0.434 e. The monoisotopic (exact) mass is 237 g/mol. The minimum atomic E-state index is -4.34. The molecule has 2 N–H and O–H groups in total. The quantitative estimate of drug-likeness (QED) is 0.825. The van der Waals surface area contributed by atoms with Crippen LogP contribution in [0.1, 0.15) is 12.1 Å². The van der Waals surface area contributed by atoms with Gasteiger partial charge in [-0.3, -0.25) is 0 Å². The summed E-state index contributed by atoms with van der Waals surface area (Å²) in [6, 6.07) is 0.192. The van der Waals surface area contributed by atoms with Crippen molar-refractivity contribution in [3.8, 4) is 0 Å². The molecule has 15 heavy (non-hydrogen) atoms. The first-order valence-corrected chi connectivity index (χ1v) is 5.43. The Bertz CT molecular complexity index is 330. The molecule has 2 heterocycles. The summed E-state index contributed by atoms with van der Waals surface area (Å²) in [5.41, 5.74) is -0.819. The summed E-state index contributed by atoms with van der Waals surface area (Å²) in [4.78, 5) is 3.50. The molecule has 1 fully saturated rings. The molecule has 0 bridgehead atoms. The predicted octanol–water partition coefficient (Wildman–Crippen LogP) is 1.94. The van der Waals surface area contributed by atoms with Gasteiger partial charge in [0.2, 0.25) is 0 Å². The predicted molar refractivity (Wildman–Crippen MR) is 52.0 cm³/mol. The molecular weight excluding hydrogens is 227 g/mol. The van der Waals surface area contributed by atoms with Gasteiger partial charge in [-0.2, -0.15) is 13.2 Å². The van der Waals surface area contributed by atoms with Gasteiger partial charge in [0, 0.05) is 18.0 Å². The van der Waals surface area contributed by atoms with Crippen LogP contribution in [0.4, 0.5) is 18.3 Å². The summed E-state index contributed by atoms with van der Waals surface area (Å²) in [6.07, 6.45) is -3.43. The fourth-order valence-electron chi connectivity index (χ4n) is 1.42. The highest BCUT2D eigenvalue weighted by molar-refractivity contribution is 7.13. The van der Waals surface area contributed by atoms with Crippen LogP contribution in [0, 0.1) is 0 Å². The molecule has 0 radical (unpaired) electrons. The number of nitrogens with one attached hydrogen (secondary N) is 2. The highest BCUT2D eigenvalue weighted by Crippen LogP contribution is 2.31. The number of thiazole rings is 1. The Labute approximate surface area is 88.7 Å². The van der Waals surface area contributed by atoms with Crippen molar-refractivity contribution < 1.29 is 13.2 Å². The number of halogens is 3. The van der Waals surface area contributed by atoms with Gasteiger partial charge in [-0.25, -0.2) is 4.98 Å². The fraction of sp³-hybridized carbons (Fsp3) is 0.625. The molecule has 84 valence electrons. The van der Waals surface area contributed by atoms with Gasteiger partial charge in [0.05, 0.1) is 0 Å². The van der Waals surface area contributed by atoms with E-state index in [9.17, 15) is 13.2 Å². The zero-order valence-corrected chi connectivity index (χ0v) is 8.58. The number of aromatic nitrogens is 1. The van der Waals surface area contributed by atoms with E-state index in [2.05, 4.69) is 15.6 Å². The summed E-state index contributed by atoms with van der Waals surface area (Å²) in [5, 5.41) is 7.48. The minimum absolute atomic E-state index is 0.192. The van der Waals surface area contributed by atoms with E-state index in [0.29, 0.717) is 5.13 Å². The largest absolute Gasteiger partial charge is 0.434 e. The molecule has 1 aliphatic rings. The van der Waals surface area contributed by atoms with Crippen molar-refractivity contribution in [3.63, 3.8) is 0 Å². The van der Waals surface area contributed by atoms with Gasteiger partial charge in [-0.05, 0) is 13.0 Å². The summed E-state index contributed by atoms with van der Waals surface area (Å²) < 4.78 is 36.7. The number of rotatable bonds is 2. The Kier molecular flexibility index (Phi) is 2.83. The summed E-state index contributed by atoms with van der Waals surface area (Å²) in [5.74, 6) is 0. The molecule has 1 aromatic heterocycles. The molecule has 0 saturated carbocycles. The van der Waals surface area contributed by atoms with Gasteiger partial charge in [-0.1, -0.05) is 0 Å². The third-order valence-corrected chi connectivity index (χ3v) is 2.96. The van der Waals surface area contributed by atoms with Gasteiger partial charge in [0.25, 0.3) is 0 Å². The Balaban J connectivity index is 2.00. The molecule has 0 aliphatic carbocycles. The first-order valence-electron chi connectivity index (χ1n) is 4.55. The second-order valence-electron chi connectivity index (χ2n) is 3.37. The number of hydrogen-bond donors (Lipinski definition) is 2. The maximum atomic E-state index is 12.2. The van der Waals surface area contributed by atoms with Gasteiger partial charge < -0.3 is 10.6 Å². The molecule has 7 heteroatoms. The van der Waals surface area contributed by atoms with E-state index in [4.69, 9.17) is 0 Å². The van der Waals surface area contributed by atoms with E-state index >= 15 is 0 Å². The zero-order chi connectivity index (χ0) is 10.9. The normalized spacial score (nSPS) is 21.9. The lowest BCUT2D eigenvalue weighted by Crippen LogP contribution is -2.22. The Morgan fingerprint density at radius 2 is 2.33 bits per heavy atom. The second-order valence-corrected chi connectivity index (χ2v) is 4.23. The molecular formula is C8H10F3N3S. The lowest BCUT2D eigenvalue weighted by Gasteiger charge is -2.08. The lowest BCUT2D eigenvalue weighted by atomic mass is 10.3. The lowest BCUT2D eigenvalue weighted by molar-refractivity contribution is -0.140. The molecule has 1 saturated heterocycles. The maximum absolute atomic E-state index is 12.2. The molecule has 1 atom stereocenters. The molecule has 2 rings (SSSR count). The number of hydrogen-bond acceptors (Lipinski definition) is 4. The van der Waals surface area contributed by atoms with Gasteiger partial charge in [0.15, 0.2) is 10.8 Å². The molecule has 1 aromatic rings. The summed E-state index contributed by atoms with van der Waals surface area (Å²) in [7, 11) is 0. The smallest absolute Gasteiger partial charge is 0.357 e. The molecule has 0 aromatic carbocycles. The van der Waals surface area contributed by atoms with Crippen LogP contribution < -0.4 is 10.6 Å². The van der Waals surface area contributed by atoms with Crippen molar-refractivity contribution in [2.75, 3.05) is 18.4 Å². The molecule has 3 nitrogen and oxygen atoms in total. The molecule has 1 unspecified atom stereocenters. The van der Waals surface area contributed by atoms with Crippen LogP contribution in [-0.2, 0) is 6.18 Å². The van der Waals surface area contributed by atoms with Gasteiger partial charge in [0.1, 0.15) is 0 Å². The number of alkyl halides is 3.